The number of hydrogen-bond donors (Lipinski definition) is 2. The Bertz CT molecular complexity index is 540. The Labute approximate surface area is 123 Å². The molecule has 0 atom stereocenters. The Hall–Kier alpha value is -1.94. The normalized spacial score (nSPS) is 10.2. The summed E-state index contributed by atoms with van der Waals surface area (Å²) in [7, 11) is 0. The maximum Gasteiger partial charge on any atom is 0.230 e. The van der Waals surface area contributed by atoms with Gasteiger partial charge in [-0.15, -0.1) is 11.8 Å². The van der Waals surface area contributed by atoms with Crippen LogP contribution in [0.2, 0.25) is 0 Å². The minimum Gasteiger partial charge on any atom is -0.508 e. The van der Waals surface area contributed by atoms with Gasteiger partial charge < -0.3 is 10.4 Å². The molecule has 104 valence electrons. The van der Waals surface area contributed by atoms with E-state index in [1.54, 1.807) is 12.1 Å². The first-order valence-corrected chi connectivity index (χ1v) is 7.45. The number of amides is 1. The Balaban J connectivity index is 1.66. The lowest BCUT2D eigenvalue weighted by Crippen LogP contribution is -2.27. The lowest BCUT2D eigenvalue weighted by Gasteiger charge is -2.05. The molecular weight excluding hydrogens is 270 g/mol. The number of rotatable bonds is 6. The number of phenols is 1. The average Bonchev–Trinajstić information content (AvgIpc) is 2.48. The molecule has 0 heterocycles. The van der Waals surface area contributed by atoms with E-state index in [0.29, 0.717) is 12.3 Å². The smallest absolute Gasteiger partial charge is 0.230 e. The molecule has 0 radical (unpaired) electrons. The lowest BCUT2D eigenvalue weighted by atomic mass is 10.1. The molecule has 20 heavy (non-hydrogen) atoms. The van der Waals surface area contributed by atoms with Crippen LogP contribution in [0, 0.1) is 0 Å². The van der Waals surface area contributed by atoms with Gasteiger partial charge in [0.2, 0.25) is 5.91 Å². The summed E-state index contributed by atoms with van der Waals surface area (Å²) in [6, 6.07) is 16.9. The Kier molecular flexibility index (Phi) is 5.50. The first-order chi connectivity index (χ1) is 9.74. The number of nitrogens with one attached hydrogen (secondary N) is 1. The molecule has 2 aromatic carbocycles. The molecule has 0 aliphatic heterocycles. The summed E-state index contributed by atoms with van der Waals surface area (Å²) in [6.45, 7) is 0.610. The van der Waals surface area contributed by atoms with Crippen molar-refractivity contribution in [2.75, 3.05) is 12.3 Å². The molecule has 0 aliphatic rings. The minimum absolute atomic E-state index is 0.0395. The van der Waals surface area contributed by atoms with Crippen LogP contribution in [0.25, 0.3) is 0 Å². The van der Waals surface area contributed by atoms with Crippen molar-refractivity contribution in [1.29, 1.82) is 0 Å². The molecule has 0 saturated heterocycles. The molecule has 2 rings (SSSR count). The highest BCUT2D eigenvalue weighted by molar-refractivity contribution is 8.00. The molecule has 0 aromatic heterocycles. The fraction of sp³-hybridized carbons (Fsp3) is 0.188. The monoisotopic (exact) mass is 287 g/mol. The average molecular weight is 287 g/mol. The van der Waals surface area contributed by atoms with Gasteiger partial charge in [0, 0.05) is 11.4 Å². The SMILES string of the molecule is O=C(CSc1ccccc1)NCCc1ccc(O)cc1. The lowest BCUT2D eigenvalue weighted by molar-refractivity contribution is -0.118. The van der Waals surface area contributed by atoms with Crippen LogP contribution in [-0.4, -0.2) is 23.3 Å². The van der Waals surface area contributed by atoms with Crippen molar-refractivity contribution in [1.82, 2.24) is 5.32 Å². The van der Waals surface area contributed by atoms with E-state index in [0.717, 1.165) is 16.9 Å². The molecule has 0 unspecified atom stereocenters. The van der Waals surface area contributed by atoms with E-state index in [-0.39, 0.29) is 11.7 Å². The summed E-state index contributed by atoms with van der Waals surface area (Å²) >= 11 is 1.53. The third-order valence-corrected chi connectivity index (χ3v) is 3.80. The summed E-state index contributed by atoms with van der Waals surface area (Å²) in [5.74, 6) is 0.731. The maximum absolute atomic E-state index is 11.7. The third kappa shape index (κ3) is 4.97. The van der Waals surface area contributed by atoms with Gasteiger partial charge in [-0.2, -0.15) is 0 Å². The van der Waals surface area contributed by atoms with Crippen molar-refractivity contribution >= 4 is 17.7 Å². The fourth-order valence-electron chi connectivity index (χ4n) is 1.73. The second kappa shape index (κ2) is 7.60. The number of aromatic hydroxyl groups is 1. The molecule has 4 heteroatoms. The van der Waals surface area contributed by atoms with Gasteiger partial charge in [-0.1, -0.05) is 30.3 Å². The van der Waals surface area contributed by atoms with Crippen LogP contribution in [0.1, 0.15) is 5.56 Å². The first-order valence-electron chi connectivity index (χ1n) is 6.46. The zero-order valence-corrected chi connectivity index (χ0v) is 11.9. The molecule has 2 N–H and O–H groups in total. The predicted octanol–water partition coefficient (Wildman–Crippen LogP) is 2.84. The Morgan fingerprint density at radius 3 is 2.45 bits per heavy atom. The van der Waals surface area contributed by atoms with Crippen LogP contribution < -0.4 is 5.32 Å². The number of carbonyl (C=O) groups is 1. The molecule has 0 bridgehead atoms. The zero-order valence-electron chi connectivity index (χ0n) is 11.1. The molecule has 1 amide bonds. The van der Waals surface area contributed by atoms with Crippen LogP contribution >= 0.6 is 11.8 Å². The van der Waals surface area contributed by atoms with Crippen molar-refractivity contribution in [3.8, 4) is 5.75 Å². The van der Waals surface area contributed by atoms with Crippen molar-refractivity contribution in [3.63, 3.8) is 0 Å². The van der Waals surface area contributed by atoms with Gasteiger partial charge in [0.15, 0.2) is 0 Å². The molecule has 0 aliphatic carbocycles. The van der Waals surface area contributed by atoms with Crippen molar-refractivity contribution in [3.05, 3.63) is 60.2 Å². The highest BCUT2D eigenvalue weighted by atomic mass is 32.2. The number of hydrogen-bond acceptors (Lipinski definition) is 3. The number of carbonyl (C=O) groups excluding carboxylic acids is 1. The van der Waals surface area contributed by atoms with E-state index in [1.165, 1.54) is 11.8 Å². The summed E-state index contributed by atoms with van der Waals surface area (Å²) in [4.78, 5) is 12.8. The number of phenolic OH excluding ortho intramolecular Hbond substituents is 1. The van der Waals surface area contributed by atoms with Crippen molar-refractivity contribution in [2.24, 2.45) is 0 Å². The Morgan fingerprint density at radius 2 is 1.75 bits per heavy atom. The zero-order chi connectivity index (χ0) is 14.2. The highest BCUT2D eigenvalue weighted by Crippen LogP contribution is 2.16. The first kappa shape index (κ1) is 14.5. The van der Waals surface area contributed by atoms with E-state index >= 15 is 0 Å². The van der Waals surface area contributed by atoms with Crippen molar-refractivity contribution < 1.29 is 9.90 Å². The molecule has 3 nitrogen and oxygen atoms in total. The van der Waals surface area contributed by atoms with Crippen LogP contribution in [0.3, 0.4) is 0 Å². The quantitative estimate of drug-likeness (QED) is 0.803. The van der Waals surface area contributed by atoms with E-state index in [2.05, 4.69) is 5.32 Å². The number of thioether (sulfide) groups is 1. The van der Waals surface area contributed by atoms with E-state index < -0.39 is 0 Å². The fourth-order valence-corrected chi connectivity index (χ4v) is 2.47. The minimum atomic E-state index is 0.0395. The summed E-state index contributed by atoms with van der Waals surface area (Å²) in [6.07, 6.45) is 0.766. The van der Waals surface area contributed by atoms with Gasteiger partial charge >= 0.3 is 0 Å². The second-order valence-electron chi connectivity index (χ2n) is 4.37. The van der Waals surface area contributed by atoms with E-state index in [9.17, 15) is 9.90 Å². The van der Waals surface area contributed by atoms with Gasteiger partial charge in [0.25, 0.3) is 0 Å². The van der Waals surface area contributed by atoms with E-state index in [1.807, 2.05) is 42.5 Å². The summed E-state index contributed by atoms with van der Waals surface area (Å²) in [5, 5.41) is 12.1. The second-order valence-corrected chi connectivity index (χ2v) is 5.42. The predicted molar refractivity (Wildman–Crippen MR) is 82.0 cm³/mol. The van der Waals surface area contributed by atoms with Gasteiger partial charge in [-0.25, -0.2) is 0 Å². The highest BCUT2D eigenvalue weighted by Gasteiger charge is 2.02. The van der Waals surface area contributed by atoms with E-state index in [4.69, 9.17) is 0 Å². The van der Waals surface area contributed by atoms with Crippen LogP contribution in [0.4, 0.5) is 0 Å². The van der Waals surface area contributed by atoms with Gasteiger partial charge in [0.1, 0.15) is 5.75 Å². The van der Waals surface area contributed by atoms with Crippen LogP contribution in [0.15, 0.2) is 59.5 Å². The Morgan fingerprint density at radius 1 is 1.05 bits per heavy atom. The van der Waals surface area contributed by atoms with Gasteiger partial charge in [-0.3, -0.25) is 4.79 Å². The van der Waals surface area contributed by atoms with Crippen molar-refractivity contribution in [2.45, 2.75) is 11.3 Å². The summed E-state index contributed by atoms with van der Waals surface area (Å²) < 4.78 is 0. The number of benzene rings is 2. The molecule has 0 fully saturated rings. The van der Waals surface area contributed by atoms with Gasteiger partial charge in [-0.05, 0) is 36.2 Å². The van der Waals surface area contributed by atoms with Crippen LogP contribution in [-0.2, 0) is 11.2 Å². The van der Waals surface area contributed by atoms with Gasteiger partial charge in [0.05, 0.1) is 5.75 Å². The summed E-state index contributed by atoms with van der Waals surface area (Å²) in [5.41, 5.74) is 1.10. The van der Waals surface area contributed by atoms with Crippen LogP contribution in [0.5, 0.6) is 5.75 Å². The topological polar surface area (TPSA) is 49.3 Å². The standard InChI is InChI=1S/C16H17NO2S/c18-14-8-6-13(7-9-14)10-11-17-16(19)12-20-15-4-2-1-3-5-15/h1-9,18H,10-12H2,(H,17,19). The molecular formula is C16H17NO2S. The largest absolute Gasteiger partial charge is 0.508 e. The molecule has 2 aromatic rings. The third-order valence-electron chi connectivity index (χ3n) is 2.79. The molecule has 0 spiro atoms. The maximum atomic E-state index is 11.7. The molecule has 0 saturated carbocycles.